The molecule has 1 nitrogen and oxygen atoms in total. The van der Waals surface area contributed by atoms with E-state index < -0.39 is 0 Å². The Morgan fingerprint density at radius 1 is 1.10 bits per heavy atom. The number of fused-ring (bicyclic) bond motifs is 5. The molecule has 2 aromatic rings. The fourth-order valence-corrected chi connectivity index (χ4v) is 4.11. The molecule has 3 heteroatoms. The SMILES string of the molecule is Fc1ccc2c(c1)[C@@H]1C[C@@H](CBr)O[C@H]1c1ccccc1C2. The Labute approximate surface area is 132 Å². The summed E-state index contributed by atoms with van der Waals surface area (Å²) in [5.74, 6) is 0.0997. The number of alkyl halides is 1. The van der Waals surface area contributed by atoms with Crippen LogP contribution in [0, 0.1) is 5.82 Å². The summed E-state index contributed by atoms with van der Waals surface area (Å²) in [5.41, 5.74) is 4.92. The summed E-state index contributed by atoms with van der Waals surface area (Å²) in [6, 6.07) is 13.7. The van der Waals surface area contributed by atoms with Gasteiger partial charge < -0.3 is 4.74 Å². The molecule has 1 fully saturated rings. The van der Waals surface area contributed by atoms with Crippen LogP contribution in [0.5, 0.6) is 0 Å². The third-order valence-corrected chi connectivity index (χ3v) is 5.37. The molecule has 3 atom stereocenters. The van der Waals surface area contributed by atoms with Gasteiger partial charge in [-0.25, -0.2) is 4.39 Å². The zero-order valence-corrected chi connectivity index (χ0v) is 13.1. The van der Waals surface area contributed by atoms with Gasteiger partial charge in [0.25, 0.3) is 0 Å². The van der Waals surface area contributed by atoms with Crippen LogP contribution in [0.1, 0.15) is 40.7 Å². The lowest BCUT2D eigenvalue weighted by molar-refractivity contribution is 0.0541. The Kier molecular flexibility index (Phi) is 3.35. The number of benzene rings is 2. The third kappa shape index (κ3) is 2.23. The molecule has 0 saturated carbocycles. The van der Waals surface area contributed by atoms with E-state index in [-0.39, 0.29) is 23.9 Å². The predicted molar refractivity (Wildman–Crippen MR) is 84.4 cm³/mol. The zero-order chi connectivity index (χ0) is 14.4. The lowest BCUT2D eigenvalue weighted by Gasteiger charge is -2.19. The van der Waals surface area contributed by atoms with Crippen molar-refractivity contribution in [2.45, 2.75) is 31.0 Å². The monoisotopic (exact) mass is 346 g/mol. The van der Waals surface area contributed by atoms with Crippen LogP contribution in [0.4, 0.5) is 4.39 Å². The molecule has 1 aliphatic heterocycles. The van der Waals surface area contributed by atoms with Crippen molar-refractivity contribution in [3.63, 3.8) is 0 Å². The summed E-state index contributed by atoms with van der Waals surface area (Å²) >= 11 is 3.52. The molecule has 1 saturated heterocycles. The molecule has 0 radical (unpaired) electrons. The fourth-order valence-electron chi connectivity index (χ4n) is 3.69. The second kappa shape index (κ2) is 5.22. The molecule has 2 aromatic carbocycles. The zero-order valence-electron chi connectivity index (χ0n) is 11.6. The Balaban J connectivity index is 1.90. The summed E-state index contributed by atoms with van der Waals surface area (Å²) in [7, 11) is 0. The highest BCUT2D eigenvalue weighted by molar-refractivity contribution is 9.09. The molecule has 1 heterocycles. The van der Waals surface area contributed by atoms with Gasteiger partial charge in [-0.3, -0.25) is 0 Å². The number of ether oxygens (including phenoxy) is 1. The first-order valence-electron chi connectivity index (χ1n) is 7.34. The van der Waals surface area contributed by atoms with Crippen molar-refractivity contribution < 1.29 is 9.13 Å². The van der Waals surface area contributed by atoms with Crippen molar-refractivity contribution in [2.75, 3.05) is 5.33 Å². The van der Waals surface area contributed by atoms with Crippen molar-refractivity contribution >= 4 is 15.9 Å². The van der Waals surface area contributed by atoms with Crippen LogP contribution < -0.4 is 0 Å². The van der Waals surface area contributed by atoms with E-state index in [1.807, 2.05) is 6.07 Å². The van der Waals surface area contributed by atoms with E-state index in [2.05, 4.69) is 40.2 Å². The van der Waals surface area contributed by atoms with Gasteiger partial charge in [-0.2, -0.15) is 0 Å². The molecule has 0 bridgehead atoms. The summed E-state index contributed by atoms with van der Waals surface area (Å²) in [4.78, 5) is 0. The first-order valence-corrected chi connectivity index (χ1v) is 8.46. The molecule has 0 N–H and O–H groups in total. The summed E-state index contributed by atoms with van der Waals surface area (Å²) in [5, 5.41) is 0.826. The summed E-state index contributed by atoms with van der Waals surface area (Å²) < 4.78 is 20.0. The van der Waals surface area contributed by atoms with Crippen LogP contribution in [0.3, 0.4) is 0 Å². The summed E-state index contributed by atoms with van der Waals surface area (Å²) in [6.45, 7) is 0. The Morgan fingerprint density at radius 2 is 1.90 bits per heavy atom. The van der Waals surface area contributed by atoms with Crippen LogP contribution in [-0.4, -0.2) is 11.4 Å². The number of rotatable bonds is 1. The second-order valence-corrected chi connectivity index (χ2v) is 6.54. The van der Waals surface area contributed by atoms with E-state index in [4.69, 9.17) is 4.74 Å². The molecule has 108 valence electrons. The van der Waals surface area contributed by atoms with E-state index in [0.29, 0.717) is 0 Å². The topological polar surface area (TPSA) is 9.23 Å². The van der Waals surface area contributed by atoms with Crippen molar-refractivity contribution in [3.05, 3.63) is 70.5 Å². The van der Waals surface area contributed by atoms with Crippen molar-refractivity contribution in [3.8, 4) is 0 Å². The van der Waals surface area contributed by atoms with Gasteiger partial charge in [0.2, 0.25) is 0 Å². The van der Waals surface area contributed by atoms with Crippen LogP contribution in [0.15, 0.2) is 42.5 Å². The van der Waals surface area contributed by atoms with Gasteiger partial charge in [0.1, 0.15) is 5.82 Å². The first kappa shape index (κ1) is 13.5. The lowest BCUT2D eigenvalue weighted by atomic mass is 9.87. The van der Waals surface area contributed by atoms with Gasteiger partial charge in [0, 0.05) is 11.2 Å². The molecule has 0 unspecified atom stereocenters. The smallest absolute Gasteiger partial charge is 0.123 e. The largest absolute Gasteiger partial charge is 0.369 e. The van der Waals surface area contributed by atoms with Crippen molar-refractivity contribution in [1.29, 1.82) is 0 Å². The average Bonchev–Trinajstić information content (AvgIpc) is 2.89. The van der Waals surface area contributed by atoms with Crippen LogP contribution >= 0.6 is 15.9 Å². The highest BCUT2D eigenvalue weighted by Gasteiger charge is 2.40. The maximum absolute atomic E-state index is 13.7. The van der Waals surface area contributed by atoms with Crippen LogP contribution in [-0.2, 0) is 11.2 Å². The van der Waals surface area contributed by atoms with E-state index in [9.17, 15) is 4.39 Å². The van der Waals surface area contributed by atoms with Crippen molar-refractivity contribution in [2.24, 2.45) is 0 Å². The van der Waals surface area contributed by atoms with Gasteiger partial charge >= 0.3 is 0 Å². The molecule has 1 aliphatic carbocycles. The molecule has 2 aliphatic rings. The molecule has 4 rings (SSSR count). The van der Waals surface area contributed by atoms with Crippen LogP contribution in [0.25, 0.3) is 0 Å². The van der Waals surface area contributed by atoms with E-state index >= 15 is 0 Å². The number of halogens is 2. The molecular weight excluding hydrogens is 331 g/mol. The summed E-state index contributed by atoms with van der Waals surface area (Å²) in [6.07, 6.45) is 2.05. The van der Waals surface area contributed by atoms with Crippen molar-refractivity contribution in [1.82, 2.24) is 0 Å². The minimum Gasteiger partial charge on any atom is -0.369 e. The lowest BCUT2D eigenvalue weighted by Crippen LogP contribution is -2.08. The Bertz CT molecular complexity index is 685. The van der Waals surface area contributed by atoms with E-state index in [1.165, 1.54) is 16.7 Å². The standard InChI is InChI=1S/C18H16BrFO/c19-10-14-9-17-16-8-13(20)6-5-12(16)7-11-3-1-2-4-15(11)18(17)21-14/h1-6,8,14,17-18H,7,9-10H2/t14-,17-,18-/m0/s1. The Hall–Kier alpha value is -1.19. The maximum atomic E-state index is 13.7. The maximum Gasteiger partial charge on any atom is 0.123 e. The highest BCUT2D eigenvalue weighted by atomic mass is 79.9. The predicted octanol–water partition coefficient (Wildman–Crippen LogP) is 4.74. The van der Waals surface area contributed by atoms with E-state index in [0.717, 1.165) is 23.7 Å². The highest BCUT2D eigenvalue weighted by Crippen LogP contribution is 2.49. The number of hydrogen-bond acceptors (Lipinski definition) is 1. The minimum atomic E-state index is -0.152. The van der Waals surface area contributed by atoms with Gasteiger partial charge in [-0.05, 0) is 47.2 Å². The normalized spacial score (nSPS) is 26.7. The third-order valence-electron chi connectivity index (χ3n) is 4.64. The van der Waals surface area contributed by atoms with Gasteiger partial charge in [0.05, 0.1) is 12.2 Å². The number of hydrogen-bond donors (Lipinski definition) is 0. The van der Waals surface area contributed by atoms with Gasteiger partial charge in [-0.15, -0.1) is 0 Å². The molecule has 0 amide bonds. The first-order chi connectivity index (χ1) is 10.3. The van der Waals surface area contributed by atoms with E-state index in [1.54, 1.807) is 12.1 Å². The average molecular weight is 347 g/mol. The van der Waals surface area contributed by atoms with Crippen LogP contribution in [0.2, 0.25) is 0 Å². The quantitative estimate of drug-likeness (QED) is 0.677. The fraction of sp³-hybridized carbons (Fsp3) is 0.333. The molecule has 21 heavy (non-hydrogen) atoms. The molecule has 0 spiro atoms. The van der Waals surface area contributed by atoms with Gasteiger partial charge in [0.15, 0.2) is 0 Å². The van der Waals surface area contributed by atoms with Gasteiger partial charge in [-0.1, -0.05) is 46.3 Å². The minimum absolute atomic E-state index is 0.0480. The molecular formula is C18H16BrFO. The Morgan fingerprint density at radius 3 is 2.76 bits per heavy atom. The molecule has 0 aromatic heterocycles. The second-order valence-electron chi connectivity index (χ2n) is 5.89.